The van der Waals surface area contributed by atoms with Gasteiger partial charge in [-0.05, 0) is 58.7 Å². The number of fused-ring (bicyclic) bond motifs is 1. The topological polar surface area (TPSA) is 0 Å². The molecule has 0 N–H and O–H groups in total. The first-order valence-electron chi connectivity index (χ1n) is 8.60. The van der Waals surface area contributed by atoms with Crippen molar-refractivity contribution >= 4 is 0 Å². The van der Waals surface area contributed by atoms with Gasteiger partial charge in [0.2, 0.25) is 0 Å². The summed E-state index contributed by atoms with van der Waals surface area (Å²) in [5.74, 6) is 0. The van der Waals surface area contributed by atoms with E-state index in [2.05, 4.69) is 73.7 Å². The lowest BCUT2D eigenvalue weighted by Gasteiger charge is -2.20. The number of aryl methyl sites for hydroxylation is 3. The molecule has 4 rings (SSSR count). The van der Waals surface area contributed by atoms with Crippen LogP contribution in [-0.4, -0.2) is 0 Å². The Bertz CT molecular complexity index is 812. The molecule has 1 aliphatic carbocycles. The van der Waals surface area contributed by atoms with Crippen molar-refractivity contribution in [3.63, 3.8) is 0 Å². The summed E-state index contributed by atoms with van der Waals surface area (Å²) in [7, 11) is 0. The first-order valence-corrected chi connectivity index (χ1v) is 8.60. The van der Waals surface area contributed by atoms with E-state index in [0.717, 1.165) is 0 Å². The quantitative estimate of drug-likeness (QED) is 0.510. The van der Waals surface area contributed by atoms with Gasteiger partial charge in [0.15, 0.2) is 0 Å². The molecule has 0 spiro atoms. The zero-order valence-corrected chi connectivity index (χ0v) is 14.3. The van der Waals surface area contributed by atoms with Gasteiger partial charge in [0.25, 0.3) is 0 Å². The molecule has 0 fully saturated rings. The van der Waals surface area contributed by atoms with Crippen LogP contribution in [0, 0.1) is 6.92 Å². The molecule has 3 aromatic carbocycles. The van der Waals surface area contributed by atoms with E-state index in [1.54, 1.807) is 0 Å². The van der Waals surface area contributed by atoms with Gasteiger partial charge in [-0.1, -0.05) is 80.6 Å². The number of benzene rings is 3. The summed E-state index contributed by atoms with van der Waals surface area (Å²) in [6.07, 6.45) is 2.48. The standard InChI is InChI=1S/C21H18.C2H6/c1-15-6-2-3-7-19(15)21-9-5-4-8-20(21)18-13-11-16-10-12-17(16)14-18;1-2/h2-9,11,13-14H,10,12H2,1H3;1-2H3. The largest absolute Gasteiger partial charge is 0.0683 e. The minimum atomic E-state index is 1.23. The van der Waals surface area contributed by atoms with Crippen LogP contribution in [-0.2, 0) is 12.8 Å². The molecule has 0 heteroatoms. The van der Waals surface area contributed by atoms with Gasteiger partial charge in [0.1, 0.15) is 0 Å². The monoisotopic (exact) mass is 300 g/mol. The Labute approximate surface area is 139 Å². The van der Waals surface area contributed by atoms with Gasteiger partial charge >= 0.3 is 0 Å². The lowest BCUT2D eigenvalue weighted by Crippen LogP contribution is -2.07. The highest BCUT2D eigenvalue weighted by Gasteiger charge is 2.15. The summed E-state index contributed by atoms with van der Waals surface area (Å²) in [5.41, 5.74) is 9.70. The zero-order valence-electron chi connectivity index (χ0n) is 14.3. The van der Waals surface area contributed by atoms with Crippen LogP contribution in [0.1, 0.15) is 30.5 Å². The summed E-state index contributed by atoms with van der Waals surface area (Å²) >= 11 is 0. The fourth-order valence-corrected chi connectivity index (χ4v) is 3.21. The van der Waals surface area contributed by atoms with E-state index in [4.69, 9.17) is 0 Å². The average molecular weight is 300 g/mol. The highest BCUT2D eigenvalue weighted by molar-refractivity contribution is 5.85. The maximum atomic E-state index is 2.37. The molecule has 0 bridgehead atoms. The first kappa shape index (κ1) is 15.6. The van der Waals surface area contributed by atoms with Crippen LogP contribution in [0.2, 0.25) is 0 Å². The summed E-state index contributed by atoms with van der Waals surface area (Å²) in [6, 6.07) is 24.3. The van der Waals surface area contributed by atoms with Crippen LogP contribution in [0.3, 0.4) is 0 Å². The Balaban J connectivity index is 0.000000753. The van der Waals surface area contributed by atoms with E-state index in [0.29, 0.717) is 0 Å². The van der Waals surface area contributed by atoms with Gasteiger partial charge in [-0.2, -0.15) is 0 Å². The Kier molecular flexibility index (Phi) is 4.62. The second-order valence-electron chi connectivity index (χ2n) is 5.84. The van der Waals surface area contributed by atoms with Crippen molar-refractivity contribution in [2.75, 3.05) is 0 Å². The van der Waals surface area contributed by atoms with Gasteiger partial charge in [-0.3, -0.25) is 0 Å². The summed E-state index contributed by atoms with van der Waals surface area (Å²) < 4.78 is 0. The van der Waals surface area contributed by atoms with E-state index in [-0.39, 0.29) is 0 Å². The maximum absolute atomic E-state index is 2.37. The predicted octanol–water partition coefficient (Wildman–Crippen LogP) is 6.45. The van der Waals surface area contributed by atoms with E-state index in [9.17, 15) is 0 Å². The fourth-order valence-electron chi connectivity index (χ4n) is 3.21. The second kappa shape index (κ2) is 6.83. The molecular formula is C23H24. The van der Waals surface area contributed by atoms with Gasteiger partial charge in [0, 0.05) is 0 Å². The van der Waals surface area contributed by atoms with Crippen LogP contribution >= 0.6 is 0 Å². The highest BCUT2D eigenvalue weighted by Crippen LogP contribution is 2.36. The summed E-state index contributed by atoms with van der Waals surface area (Å²) in [5, 5.41) is 0. The molecule has 0 nitrogen and oxygen atoms in total. The lowest BCUT2D eigenvalue weighted by molar-refractivity contribution is 0.840. The molecule has 0 aliphatic heterocycles. The molecule has 0 saturated heterocycles. The van der Waals surface area contributed by atoms with Crippen LogP contribution in [0.4, 0.5) is 0 Å². The number of hydrogen-bond acceptors (Lipinski definition) is 0. The van der Waals surface area contributed by atoms with Crippen LogP contribution in [0.25, 0.3) is 22.3 Å². The molecule has 0 aromatic heterocycles. The highest BCUT2D eigenvalue weighted by atomic mass is 14.2. The van der Waals surface area contributed by atoms with Crippen molar-refractivity contribution in [3.8, 4) is 22.3 Å². The van der Waals surface area contributed by atoms with Crippen molar-refractivity contribution in [1.82, 2.24) is 0 Å². The Morgan fingerprint density at radius 3 is 1.83 bits per heavy atom. The third-order valence-electron chi connectivity index (χ3n) is 4.54. The van der Waals surface area contributed by atoms with Crippen LogP contribution in [0.15, 0.2) is 66.7 Å². The van der Waals surface area contributed by atoms with E-state index in [1.165, 1.54) is 51.8 Å². The third kappa shape index (κ3) is 2.94. The molecule has 3 aromatic rings. The zero-order chi connectivity index (χ0) is 16.2. The molecule has 0 atom stereocenters. The fraction of sp³-hybridized carbons (Fsp3) is 0.217. The molecular weight excluding hydrogens is 276 g/mol. The van der Waals surface area contributed by atoms with E-state index < -0.39 is 0 Å². The molecule has 0 heterocycles. The lowest BCUT2D eigenvalue weighted by atomic mass is 9.84. The van der Waals surface area contributed by atoms with E-state index in [1.807, 2.05) is 13.8 Å². The smallest absolute Gasteiger partial charge is 0.0103 e. The minimum Gasteiger partial charge on any atom is -0.0683 e. The SMILES string of the molecule is CC.Cc1ccccc1-c1ccccc1-c1ccc2c(c1)CC2. The molecule has 116 valence electrons. The molecule has 1 aliphatic rings. The van der Waals surface area contributed by atoms with Gasteiger partial charge in [-0.15, -0.1) is 0 Å². The van der Waals surface area contributed by atoms with Gasteiger partial charge in [0.05, 0.1) is 0 Å². The maximum Gasteiger partial charge on any atom is -0.0103 e. The average Bonchev–Trinajstić information content (AvgIpc) is 2.58. The molecule has 0 radical (unpaired) electrons. The third-order valence-corrected chi connectivity index (χ3v) is 4.54. The van der Waals surface area contributed by atoms with Crippen LogP contribution in [0.5, 0.6) is 0 Å². The molecule has 0 amide bonds. The Morgan fingerprint density at radius 2 is 1.22 bits per heavy atom. The predicted molar refractivity (Wildman–Crippen MR) is 101 cm³/mol. The first-order chi connectivity index (χ1) is 11.3. The van der Waals surface area contributed by atoms with Gasteiger partial charge < -0.3 is 0 Å². The molecule has 0 unspecified atom stereocenters. The van der Waals surface area contributed by atoms with Gasteiger partial charge in [-0.25, -0.2) is 0 Å². The van der Waals surface area contributed by atoms with E-state index >= 15 is 0 Å². The molecule has 23 heavy (non-hydrogen) atoms. The Morgan fingerprint density at radius 1 is 0.609 bits per heavy atom. The van der Waals surface area contributed by atoms with Crippen LogP contribution < -0.4 is 0 Å². The minimum absolute atomic E-state index is 1.23. The number of rotatable bonds is 2. The normalized spacial score (nSPS) is 11.8. The molecule has 0 saturated carbocycles. The van der Waals surface area contributed by atoms with Crippen molar-refractivity contribution in [2.24, 2.45) is 0 Å². The number of hydrogen-bond donors (Lipinski definition) is 0. The summed E-state index contributed by atoms with van der Waals surface area (Å²) in [6.45, 7) is 6.18. The van der Waals surface area contributed by atoms with Crippen molar-refractivity contribution in [1.29, 1.82) is 0 Å². The van der Waals surface area contributed by atoms with Crippen molar-refractivity contribution in [3.05, 3.63) is 83.4 Å². The second-order valence-corrected chi connectivity index (χ2v) is 5.84. The Hall–Kier alpha value is -2.34. The summed E-state index contributed by atoms with van der Waals surface area (Å²) in [4.78, 5) is 0. The van der Waals surface area contributed by atoms with Crippen molar-refractivity contribution < 1.29 is 0 Å². The van der Waals surface area contributed by atoms with Crippen molar-refractivity contribution in [2.45, 2.75) is 33.6 Å².